The molecule has 3 aromatic carbocycles. The van der Waals surface area contributed by atoms with Crippen molar-refractivity contribution >= 4 is 50.4 Å². The quantitative estimate of drug-likeness (QED) is 0.337. The van der Waals surface area contributed by atoms with Crippen LogP contribution < -0.4 is 15.4 Å². The molecule has 0 fully saturated rings. The summed E-state index contributed by atoms with van der Waals surface area (Å²) in [6, 6.07) is 15.4. The van der Waals surface area contributed by atoms with Gasteiger partial charge in [0.25, 0.3) is 5.91 Å². The number of aromatic amines is 1. The first-order chi connectivity index (χ1) is 15.9. The van der Waals surface area contributed by atoms with Gasteiger partial charge in [0.15, 0.2) is 11.6 Å². The summed E-state index contributed by atoms with van der Waals surface area (Å²) in [5.41, 5.74) is 1.46. The van der Waals surface area contributed by atoms with Gasteiger partial charge in [0.1, 0.15) is 0 Å². The third kappa shape index (κ3) is 4.60. The lowest BCUT2D eigenvalue weighted by Gasteiger charge is -2.11. The Morgan fingerprint density at radius 2 is 1.79 bits per heavy atom. The van der Waals surface area contributed by atoms with E-state index in [0.29, 0.717) is 11.0 Å². The molecule has 8 nitrogen and oxygen atoms in total. The van der Waals surface area contributed by atoms with Crippen LogP contribution in [-0.2, 0) is 0 Å². The maximum atomic E-state index is 14.3. The molecule has 0 radical (unpaired) electrons. The fraction of sp³-hybridized carbons (Fsp3) is 0.0435. The second kappa shape index (κ2) is 9.21. The zero-order valence-corrected chi connectivity index (χ0v) is 18.7. The first-order valence-electron chi connectivity index (χ1n) is 9.66. The van der Waals surface area contributed by atoms with Gasteiger partial charge in [-0.3, -0.25) is 9.59 Å². The number of rotatable bonds is 5. The molecule has 0 aliphatic heterocycles. The average molecular weight is 511 g/mol. The number of halogens is 2. The van der Waals surface area contributed by atoms with E-state index >= 15 is 0 Å². The van der Waals surface area contributed by atoms with Crippen molar-refractivity contribution < 1.29 is 23.5 Å². The second-order valence-electron chi connectivity index (χ2n) is 6.84. The Balaban J connectivity index is 1.64. The number of aromatic nitrogens is 2. The van der Waals surface area contributed by atoms with Gasteiger partial charge in [-0.1, -0.05) is 24.3 Å². The lowest BCUT2D eigenvalue weighted by atomic mass is 9.97. The SMILES string of the molecule is CNC(=O)Oc1nc2ccc(C(=O)c3ccccc3C(=O)Nc3cccc(Br)c3F)cc2[nH]1. The number of hydrogen-bond donors (Lipinski definition) is 3. The number of nitrogens with one attached hydrogen (secondary N) is 3. The maximum absolute atomic E-state index is 14.3. The first-order valence-corrected chi connectivity index (χ1v) is 10.4. The lowest BCUT2D eigenvalue weighted by Crippen LogP contribution is -2.22. The third-order valence-corrected chi connectivity index (χ3v) is 5.34. The number of benzene rings is 3. The molecule has 0 aliphatic carbocycles. The summed E-state index contributed by atoms with van der Waals surface area (Å²) >= 11 is 3.08. The molecule has 0 saturated carbocycles. The van der Waals surface area contributed by atoms with E-state index < -0.39 is 23.6 Å². The number of carbonyl (C=O) groups excluding carboxylic acids is 3. The summed E-state index contributed by atoms with van der Waals surface area (Å²) in [5, 5.41) is 4.81. The monoisotopic (exact) mass is 510 g/mol. The van der Waals surface area contributed by atoms with E-state index in [2.05, 4.69) is 36.5 Å². The maximum Gasteiger partial charge on any atom is 0.414 e. The van der Waals surface area contributed by atoms with Crippen molar-refractivity contribution in [1.29, 1.82) is 0 Å². The molecular weight excluding hydrogens is 495 g/mol. The number of ketones is 1. The number of imidazole rings is 1. The fourth-order valence-electron chi connectivity index (χ4n) is 3.14. The molecule has 0 spiro atoms. The summed E-state index contributed by atoms with van der Waals surface area (Å²) < 4.78 is 19.5. The third-order valence-electron chi connectivity index (χ3n) is 4.73. The molecule has 0 saturated heterocycles. The highest BCUT2D eigenvalue weighted by atomic mass is 79.9. The molecule has 3 N–H and O–H groups in total. The highest BCUT2D eigenvalue weighted by molar-refractivity contribution is 9.10. The molecular formula is C23H16BrFN4O4. The van der Waals surface area contributed by atoms with Gasteiger partial charge in [0.05, 0.1) is 26.8 Å². The van der Waals surface area contributed by atoms with Gasteiger partial charge in [0, 0.05) is 18.2 Å². The van der Waals surface area contributed by atoms with E-state index in [0.717, 1.165) is 0 Å². The minimum Gasteiger partial charge on any atom is -0.375 e. The van der Waals surface area contributed by atoms with Crippen LogP contribution in [-0.4, -0.2) is 34.8 Å². The average Bonchev–Trinajstić information content (AvgIpc) is 3.22. The second-order valence-corrected chi connectivity index (χ2v) is 7.70. The zero-order chi connectivity index (χ0) is 23.5. The van der Waals surface area contributed by atoms with Gasteiger partial charge in [-0.25, -0.2) is 9.18 Å². The summed E-state index contributed by atoms with van der Waals surface area (Å²) in [6.45, 7) is 0. The molecule has 2 amide bonds. The van der Waals surface area contributed by atoms with Gasteiger partial charge in [-0.05, 0) is 52.3 Å². The minimum atomic E-state index is -0.688. The Kier molecular flexibility index (Phi) is 6.18. The number of anilines is 1. The van der Waals surface area contributed by atoms with Crippen molar-refractivity contribution in [2.24, 2.45) is 0 Å². The van der Waals surface area contributed by atoms with Crippen LogP contribution >= 0.6 is 15.9 Å². The number of hydrogen-bond acceptors (Lipinski definition) is 5. The van der Waals surface area contributed by atoms with E-state index in [9.17, 15) is 18.8 Å². The Hall–Kier alpha value is -4.05. The first kappa shape index (κ1) is 22.2. The standard InChI is InChI=1S/C23H16BrFN4O4/c1-26-23(32)33-22-28-16-10-9-12(11-18(16)29-22)20(30)13-5-2-3-6-14(13)21(31)27-17-8-4-7-15(24)19(17)25/h2-11H,1H3,(H,26,32)(H,27,31)(H,28,29). The summed E-state index contributed by atoms with van der Waals surface area (Å²) in [6.07, 6.45) is -0.688. The van der Waals surface area contributed by atoms with Crippen LogP contribution in [0.3, 0.4) is 0 Å². The Morgan fingerprint density at radius 1 is 1.03 bits per heavy atom. The highest BCUT2D eigenvalue weighted by Crippen LogP contribution is 2.25. The van der Waals surface area contributed by atoms with Crippen molar-refractivity contribution in [3.05, 3.63) is 87.6 Å². The van der Waals surface area contributed by atoms with Gasteiger partial charge in [-0.2, -0.15) is 4.98 Å². The highest BCUT2D eigenvalue weighted by Gasteiger charge is 2.20. The van der Waals surface area contributed by atoms with Gasteiger partial charge >= 0.3 is 12.1 Å². The predicted molar refractivity (Wildman–Crippen MR) is 123 cm³/mol. The molecule has 0 aliphatic rings. The van der Waals surface area contributed by atoms with E-state index in [1.807, 2.05) is 0 Å². The van der Waals surface area contributed by atoms with Crippen LogP contribution in [0, 0.1) is 5.82 Å². The molecule has 4 aromatic rings. The van der Waals surface area contributed by atoms with Crippen LogP contribution in [0.15, 0.2) is 65.1 Å². The molecule has 4 rings (SSSR count). The van der Waals surface area contributed by atoms with Crippen LogP contribution in [0.25, 0.3) is 11.0 Å². The van der Waals surface area contributed by atoms with Crippen LogP contribution in [0.5, 0.6) is 6.01 Å². The van der Waals surface area contributed by atoms with Crippen molar-refractivity contribution in [3.63, 3.8) is 0 Å². The van der Waals surface area contributed by atoms with E-state index in [-0.39, 0.29) is 32.9 Å². The molecule has 0 atom stereocenters. The molecule has 0 bridgehead atoms. The Labute approximate surface area is 195 Å². The van der Waals surface area contributed by atoms with Gasteiger partial charge in [0.2, 0.25) is 0 Å². The van der Waals surface area contributed by atoms with E-state index in [1.165, 1.54) is 31.3 Å². The Bertz CT molecular complexity index is 1400. The number of fused-ring (bicyclic) bond motifs is 1. The lowest BCUT2D eigenvalue weighted by molar-refractivity contribution is 0.0996. The summed E-state index contributed by atoms with van der Waals surface area (Å²) in [5.74, 6) is -1.66. The summed E-state index contributed by atoms with van der Waals surface area (Å²) in [4.78, 5) is 44.4. The fourth-order valence-corrected chi connectivity index (χ4v) is 3.51. The topological polar surface area (TPSA) is 113 Å². The van der Waals surface area contributed by atoms with Crippen LogP contribution in [0.2, 0.25) is 0 Å². The van der Waals surface area contributed by atoms with Crippen molar-refractivity contribution in [2.45, 2.75) is 0 Å². The molecule has 1 heterocycles. The number of H-pyrrole nitrogens is 1. The molecule has 10 heteroatoms. The van der Waals surface area contributed by atoms with Crippen molar-refractivity contribution in [3.8, 4) is 6.01 Å². The van der Waals surface area contributed by atoms with E-state index in [4.69, 9.17) is 4.74 Å². The van der Waals surface area contributed by atoms with Crippen LogP contribution in [0.1, 0.15) is 26.3 Å². The molecule has 0 unspecified atom stereocenters. The zero-order valence-electron chi connectivity index (χ0n) is 17.1. The van der Waals surface area contributed by atoms with E-state index in [1.54, 1.807) is 36.4 Å². The minimum absolute atomic E-state index is 0.0147. The predicted octanol–water partition coefficient (Wildman–Crippen LogP) is 4.67. The summed E-state index contributed by atoms with van der Waals surface area (Å²) in [7, 11) is 1.42. The normalized spacial score (nSPS) is 10.6. The van der Waals surface area contributed by atoms with Gasteiger partial charge < -0.3 is 20.4 Å². The number of carbonyl (C=O) groups is 3. The molecule has 33 heavy (non-hydrogen) atoms. The van der Waals surface area contributed by atoms with Crippen molar-refractivity contribution in [2.75, 3.05) is 12.4 Å². The molecule has 1 aromatic heterocycles. The molecule has 166 valence electrons. The largest absolute Gasteiger partial charge is 0.414 e. The number of nitrogens with zero attached hydrogens (tertiary/aromatic N) is 1. The smallest absolute Gasteiger partial charge is 0.375 e. The van der Waals surface area contributed by atoms with Crippen LogP contribution in [0.4, 0.5) is 14.9 Å². The Morgan fingerprint density at radius 3 is 2.55 bits per heavy atom. The van der Waals surface area contributed by atoms with Crippen molar-refractivity contribution in [1.82, 2.24) is 15.3 Å². The number of ether oxygens (including phenoxy) is 1. The van der Waals surface area contributed by atoms with Gasteiger partial charge in [-0.15, -0.1) is 0 Å². The number of amides is 2.